The number of hydrogen-bond donors (Lipinski definition) is 1. The molecule has 0 saturated heterocycles. The number of halogens is 3. The molecule has 0 aliphatic rings. The van der Waals surface area contributed by atoms with Crippen molar-refractivity contribution in [2.75, 3.05) is 7.11 Å². The first-order chi connectivity index (χ1) is 15.3. The molecule has 0 aliphatic heterocycles. The highest BCUT2D eigenvalue weighted by Gasteiger charge is 2.12. The van der Waals surface area contributed by atoms with Crippen LogP contribution in [-0.4, -0.2) is 19.2 Å². The van der Waals surface area contributed by atoms with Gasteiger partial charge in [-0.2, -0.15) is 5.10 Å². The van der Waals surface area contributed by atoms with Crippen molar-refractivity contribution in [3.8, 4) is 11.5 Å². The summed E-state index contributed by atoms with van der Waals surface area (Å²) in [4.78, 5) is 12.4. The Kier molecular flexibility index (Phi) is 8.34. The molecule has 8 heteroatoms. The number of rotatable bonds is 7. The van der Waals surface area contributed by atoms with E-state index in [0.717, 1.165) is 28.0 Å². The van der Waals surface area contributed by atoms with Gasteiger partial charge in [-0.15, -0.1) is 0 Å². The summed E-state index contributed by atoms with van der Waals surface area (Å²) < 4.78 is 12.6. The molecule has 0 fully saturated rings. The molecule has 0 spiro atoms. The van der Waals surface area contributed by atoms with Crippen LogP contribution >= 0.6 is 43.5 Å². The first kappa shape index (κ1) is 24.3. The molecule has 3 aromatic carbocycles. The molecule has 0 aliphatic carbocycles. The van der Waals surface area contributed by atoms with Crippen molar-refractivity contribution in [1.82, 2.24) is 5.43 Å². The molecule has 5 nitrogen and oxygen atoms in total. The van der Waals surface area contributed by atoms with Crippen molar-refractivity contribution in [3.63, 3.8) is 0 Å². The topological polar surface area (TPSA) is 59.9 Å². The number of hydrazone groups is 1. The van der Waals surface area contributed by atoms with Crippen molar-refractivity contribution < 1.29 is 14.3 Å². The number of benzene rings is 3. The highest BCUT2D eigenvalue weighted by Crippen LogP contribution is 2.34. The van der Waals surface area contributed by atoms with E-state index in [4.69, 9.17) is 21.1 Å². The number of methoxy groups -OCH3 is 1. The predicted octanol–water partition coefficient (Wildman–Crippen LogP) is 6.83. The zero-order valence-electron chi connectivity index (χ0n) is 17.7. The Hall–Kier alpha value is -2.35. The maximum atomic E-state index is 12.4. The number of carbonyl (C=O) groups excluding carboxylic acids is 1. The summed E-state index contributed by atoms with van der Waals surface area (Å²) in [5.41, 5.74) is 6.85. The number of nitrogens with one attached hydrogen (secondary N) is 1. The Bertz CT molecular complexity index is 1120. The van der Waals surface area contributed by atoms with Gasteiger partial charge in [0.15, 0.2) is 0 Å². The van der Waals surface area contributed by atoms with Gasteiger partial charge in [0, 0.05) is 10.6 Å². The molecule has 0 bridgehead atoms. The van der Waals surface area contributed by atoms with Crippen LogP contribution in [0.2, 0.25) is 5.02 Å². The molecule has 1 N–H and O–H groups in total. The Morgan fingerprint density at radius 3 is 2.19 bits per heavy atom. The minimum atomic E-state index is -0.332. The number of carbonyl (C=O) groups is 1. The average molecular weight is 581 g/mol. The van der Waals surface area contributed by atoms with Crippen molar-refractivity contribution in [1.29, 1.82) is 0 Å². The van der Waals surface area contributed by atoms with Gasteiger partial charge in [0.25, 0.3) is 5.91 Å². The molecule has 0 unspecified atom stereocenters. The Labute approximate surface area is 209 Å². The lowest BCUT2D eigenvalue weighted by Gasteiger charge is -2.13. The predicted molar refractivity (Wildman–Crippen MR) is 135 cm³/mol. The molecule has 0 heterocycles. The van der Waals surface area contributed by atoms with Crippen LogP contribution in [0.25, 0.3) is 0 Å². The molecule has 0 saturated carbocycles. The van der Waals surface area contributed by atoms with E-state index in [2.05, 4.69) is 42.4 Å². The van der Waals surface area contributed by atoms with Gasteiger partial charge in [0.05, 0.1) is 22.3 Å². The van der Waals surface area contributed by atoms with E-state index in [1.807, 2.05) is 50.2 Å². The van der Waals surface area contributed by atoms with Crippen molar-refractivity contribution in [2.45, 2.75) is 20.5 Å². The van der Waals surface area contributed by atoms with E-state index in [0.29, 0.717) is 31.9 Å². The van der Waals surface area contributed by atoms with Gasteiger partial charge >= 0.3 is 0 Å². The fourth-order valence-corrected chi connectivity index (χ4v) is 4.77. The normalized spacial score (nSPS) is 10.9. The van der Waals surface area contributed by atoms with Crippen molar-refractivity contribution in [3.05, 3.63) is 90.3 Å². The third-order valence-corrected chi connectivity index (χ3v) is 6.05. The molecular weight excluding hydrogens is 560 g/mol. The Morgan fingerprint density at radius 1 is 1.03 bits per heavy atom. The summed E-state index contributed by atoms with van der Waals surface area (Å²) in [7, 11) is 1.56. The van der Waals surface area contributed by atoms with E-state index < -0.39 is 0 Å². The molecule has 32 heavy (non-hydrogen) atoms. The van der Waals surface area contributed by atoms with Crippen LogP contribution in [0.3, 0.4) is 0 Å². The number of nitrogens with zero attached hydrogens (tertiary/aromatic N) is 1. The first-order valence-electron chi connectivity index (χ1n) is 9.63. The lowest BCUT2D eigenvalue weighted by Crippen LogP contribution is -2.17. The second-order valence-electron chi connectivity index (χ2n) is 7.07. The smallest absolute Gasteiger partial charge is 0.271 e. The van der Waals surface area contributed by atoms with Gasteiger partial charge in [-0.1, -0.05) is 23.7 Å². The van der Waals surface area contributed by atoms with Crippen molar-refractivity contribution in [2.24, 2.45) is 5.10 Å². The van der Waals surface area contributed by atoms with Crippen LogP contribution < -0.4 is 14.9 Å². The number of aryl methyl sites for hydroxylation is 2. The quantitative estimate of drug-likeness (QED) is 0.246. The van der Waals surface area contributed by atoms with Gasteiger partial charge in [-0.25, -0.2) is 5.43 Å². The van der Waals surface area contributed by atoms with Gasteiger partial charge in [0.2, 0.25) is 0 Å². The third kappa shape index (κ3) is 6.12. The van der Waals surface area contributed by atoms with E-state index in [1.165, 1.54) is 0 Å². The zero-order valence-corrected chi connectivity index (χ0v) is 21.6. The van der Waals surface area contributed by atoms with Gasteiger partial charge in [-0.05, 0) is 104 Å². The maximum absolute atomic E-state index is 12.4. The lowest BCUT2D eigenvalue weighted by atomic mass is 10.1. The molecule has 3 aromatic rings. The van der Waals surface area contributed by atoms with Crippen molar-refractivity contribution >= 4 is 55.6 Å². The SMILES string of the molecule is COc1c(Br)cc(C(=O)N/N=C\c2cc(C)c(OCc3ccc(Cl)cc3)c(C)c2)cc1Br. The molecule has 1 amide bonds. The average Bonchev–Trinajstić information content (AvgIpc) is 2.74. The Balaban J connectivity index is 1.66. The largest absolute Gasteiger partial charge is 0.494 e. The summed E-state index contributed by atoms with van der Waals surface area (Å²) in [6.07, 6.45) is 1.61. The van der Waals surface area contributed by atoms with Gasteiger partial charge in [-0.3, -0.25) is 4.79 Å². The fraction of sp³-hybridized carbons (Fsp3) is 0.167. The van der Waals surface area contributed by atoms with Crippen LogP contribution in [0.15, 0.2) is 62.6 Å². The highest BCUT2D eigenvalue weighted by atomic mass is 79.9. The van der Waals surface area contributed by atoms with E-state index in [-0.39, 0.29) is 5.91 Å². The monoisotopic (exact) mass is 578 g/mol. The standard InChI is InChI=1S/C24H21Br2ClN2O3/c1-14-8-17(9-15(2)22(14)32-13-16-4-6-19(27)7-5-16)12-28-29-24(30)18-10-20(25)23(31-3)21(26)11-18/h4-12H,13H2,1-3H3,(H,29,30)/b28-12-. The first-order valence-corrected chi connectivity index (χ1v) is 11.6. The summed E-state index contributed by atoms with van der Waals surface area (Å²) in [6, 6.07) is 14.8. The highest BCUT2D eigenvalue weighted by molar-refractivity contribution is 9.11. The van der Waals surface area contributed by atoms with Crippen LogP contribution in [0.1, 0.15) is 32.6 Å². The second kappa shape index (κ2) is 11.0. The van der Waals surface area contributed by atoms with Crippen LogP contribution in [0.5, 0.6) is 11.5 Å². The Morgan fingerprint density at radius 2 is 1.62 bits per heavy atom. The third-order valence-electron chi connectivity index (χ3n) is 4.62. The molecule has 3 rings (SSSR count). The number of ether oxygens (including phenoxy) is 2. The summed E-state index contributed by atoms with van der Waals surface area (Å²) in [6.45, 7) is 4.41. The molecule has 0 aromatic heterocycles. The maximum Gasteiger partial charge on any atom is 0.271 e. The van der Waals surface area contributed by atoms with E-state index in [9.17, 15) is 4.79 Å². The number of amides is 1. The van der Waals surface area contributed by atoms with E-state index in [1.54, 1.807) is 25.5 Å². The molecule has 0 radical (unpaired) electrons. The molecular formula is C24H21Br2ClN2O3. The minimum Gasteiger partial charge on any atom is -0.494 e. The van der Waals surface area contributed by atoms with Gasteiger partial charge < -0.3 is 9.47 Å². The fourth-order valence-electron chi connectivity index (χ4n) is 3.14. The van der Waals surface area contributed by atoms with Crippen LogP contribution in [-0.2, 0) is 6.61 Å². The van der Waals surface area contributed by atoms with E-state index >= 15 is 0 Å². The molecule has 0 atom stereocenters. The summed E-state index contributed by atoms with van der Waals surface area (Å²) in [5.74, 6) is 1.12. The van der Waals surface area contributed by atoms with Crippen LogP contribution in [0, 0.1) is 13.8 Å². The zero-order chi connectivity index (χ0) is 23.3. The lowest BCUT2D eigenvalue weighted by molar-refractivity contribution is 0.0955. The molecule has 166 valence electrons. The number of hydrogen-bond acceptors (Lipinski definition) is 4. The summed E-state index contributed by atoms with van der Waals surface area (Å²) in [5, 5.41) is 4.79. The van der Waals surface area contributed by atoms with Gasteiger partial charge in [0.1, 0.15) is 18.1 Å². The second-order valence-corrected chi connectivity index (χ2v) is 9.22. The summed E-state index contributed by atoms with van der Waals surface area (Å²) >= 11 is 12.7. The van der Waals surface area contributed by atoms with Crippen LogP contribution in [0.4, 0.5) is 0 Å². The minimum absolute atomic E-state index is 0.332.